The van der Waals surface area contributed by atoms with Crippen molar-refractivity contribution in [2.45, 2.75) is 211 Å². The Kier molecular flexibility index (Phi) is 38.1. The lowest BCUT2D eigenvalue weighted by atomic mass is 9.99. The van der Waals surface area contributed by atoms with Crippen LogP contribution >= 0.6 is 0 Å². The Labute approximate surface area is 381 Å². The predicted molar refractivity (Wildman–Crippen MR) is 252 cm³/mol. The molecule has 0 bridgehead atoms. The molecule has 0 aromatic heterocycles. The molecular weight excluding hydrogens is 825 g/mol. The maximum Gasteiger partial charge on any atom is 0.397 e. The molecule has 13 heteroatoms. The van der Waals surface area contributed by atoms with Crippen LogP contribution in [0.25, 0.3) is 0 Å². The summed E-state index contributed by atoms with van der Waals surface area (Å²) in [6.07, 6.45) is 43.5. The van der Waals surface area contributed by atoms with Crippen molar-refractivity contribution < 1.29 is 56.2 Å². The van der Waals surface area contributed by atoms with Gasteiger partial charge in [0.1, 0.15) is 30.5 Å². The van der Waals surface area contributed by atoms with E-state index in [0.29, 0.717) is 13.0 Å². The van der Waals surface area contributed by atoms with Gasteiger partial charge in [0, 0.05) is 13.0 Å². The van der Waals surface area contributed by atoms with Gasteiger partial charge in [0.05, 0.1) is 19.8 Å². The van der Waals surface area contributed by atoms with E-state index in [0.717, 1.165) is 103 Å². The van der Waals surface area contributed by atoms with E-state index < -0.39 is 59.8 Å². The molecule has 1 fully saturated rings. The number of unbranched alkanes of at least 4 members (excludes halogenated alkanes) is 16. The molecule has 0 aliphatic carbocycles. The van der Waals surface area contributed by atoms with Gasteiger partial charge in [-0.2, -0.15) is 8.42 Å². The van der Waals surface area contributed by atoms with Crippen LogP contribution in [-0.4, -0.2) is 97.5 Å². The molecule has 0 amide bonds. The Bertz CT molecular complexity index is 1370. The predicted octanol–water partition coefficient (Wildman–Crippen LogP) is 10.7. The van der Waals surface area contributed by atoms with Gasteiger partial charge in [0.15, 0.2) is 6.29 Å². The van der Waals surface area contributed by atoms with Gasteiger partial charge in [-0.25, -0.2) is 4.18 Å². The number of hydrogen-bond donors (Lipinski definition) is 4. The highest BCUT2D eigenvalue weighted by Gasteiger charge is 2.48. The minimum atomic E-state index is -5.07. The lowest BCUT2D eigenvalue weighted by molar-refractivity contribution is -0.301. The lowest BCUT2D eigenvalue weighted by Gasteiger charge is -2.41. The van der Waals surface area contributed by atoms with Crippen molar-refractivity contribution >= 4 is 16.4 Å². The molecule has 6 atom stereocenters. The Morgan fingerprint density at radius 2 is 1.10 bits per heavy atom. The maximum absolute atomic E-state index is 12.9. The topological polar surface area (TPSA) is 178 Å². The Morgan fingerprint density at radius 1 is 0.619 bits per heavy atom. The van der Waals surface area contributed by atoms with Gasteiger partial charge < -0.3 is 34.3 Å². The number of ether oxygens (including phenoxy) is 4. The van der Waals surface area contributed by atoms with Crippen LogP contribution in [0.3, 0.4) is 0 Å². The third-order valence-corrected chi connectivity index (χ3v) is 11.0. The third-order valence-electron chi connectivity index (χ3n) is 10.6. The summed E-state index contributed by atoms with van der Waals surface area (Å²) in [5.74, 6) is -0.420. The highest BCUT2D eigenvalue weighted by molar-refractivity contribution is 7.80. The van der Waals surface area contributed by atoms with Crippen LogP contribution in [0.4, 0.5) is 0 Å². The first-order valence-corrected chi connectivity index (χ1v) is 25.6. The van der Waals surface area contributed by atoms with Crippen LogP contribution in [0, 0.1) is 0 Å². The molecule has 1 saturated heterocycles. The molecule has 0 aromatic carbocycles. The van der Waals surface area contributed by atoms with Crippen molar-refractivity contribution in [3.8, 4) is 0 Å². The molecule has 1 aliphatic heterocycles. The molecule has 0 spiro atoms. The fourth-order valence-corrected chi connectivity index (χ4v) is 7.44. The summed E-state index contributed by atoms with van der Waals surface area (Å²) >= 11 is 0. The van der Waals surface area contributed by atoms with Crippen molar-refractivity contribution in [1.82, 2.24) is 0 Å². The number of aliphatic hydroxyl groups excluding tert-OH is 3. The molecule has 0 radical (unpaired) electrons. The lowest BCUT2D eigenvalue weighted by Crippen LogP contribution is -2.60. The van der Waals surface area contributed by atoms with E-state index in [-0.39, 0.29) is 19.6 Å². The summed E-state index contributed by atoms with van der Waals surface area (Å²) in [5, 5.41) is 30.7. The van der Waals surface area contributed by atoms with Crippen LogP contribution in [0.15, 0.2) is 72.9 Å². The van der Waals surface area contributed by atoms with Crippen molar-refractivity contribution in [1.29, 1.82) is 0 Å². The van der Waals surface area contributed by atoms with E-state index in [1.54, 1.807) is 0 Å². The Balaban J connectivity index is 2.42. The third kappa shape index (κ3) is 34.5. The second-order valence-electron chi connectivity index (χ2n) is 16.3. The second kappa shape index (κ2) is 41.0. The van der Waals surface area contributed by atoms with Crippen molar-refractivity contribution in [2.75, 3.05) is 26.4 Å². The molecule has 63 heavy (non-hydrogen) atoms. The zero-order valence-corrected chi connectivity index (χ0v) is 39.7. The highest BCUT2D eigenvalue weighted by atomic mass is 32.3. The molecule has 4 N–H and O–H groups in total. The van der Waals surface area contributed by atoms with E-state index >= 15 is 0 Å². The van der Waals surface area contributed by atoms with Crippen molar-refractivity contribution in [3.63, 3.8) is 0 Å². The first-order chi connectivity index (χ1) is 30.6. The molecule has 0 saturated carbocycles. The first-order valence-electron chi connectivity index (χ1n) is 24.2. The van der Waals surface area contributed by atoms with E-state index in [1.165, 1.54) is 44.9 Å². The summed E-state index contributed by atoms with van der Waals surface area (Å²) in [6.45, 7) is 3.81. The number of hydrogen-bond acceptors (Lipinski definition) is 11. The fraction of sp³-hybridized carbons (Fsp3) is 0.740. The average molecular weight is 911 g/mol. The first kappa shape index (κ1) is 58.6. The van der Waals surface area contributed by atoms with Gasteiger partial charge in [0.2, 0.25) is 0 Å². The zero-order chi connectivity index (χ0) is 46.1. The van der Waals surface area contributed by atoms with Gasteiger partial charge >= 0.3 is 16.4 Å². The number of carbonyl (C=O) groups excluding carboxylic acids is 1. The summed E-state index contributed by atoms with van der Waals surface area (Å²) < 4.78 is 59.1. The fourth-order valence-electron chi connectivity index (χ4n) is 6.93. The van der Waals surface area contributed by atoms with Gasteiger partial charge in [-0.3, -0.25) is 9.35 Å². The van der Waals surface area contributed by atoms with Crippen molar-refractivity contribution in [3.05, 3.63) is 72.9 Å². The molecule has 6 unspecified atom stereocenters. The Morgan fingerprint density at radius 3 is 1.60 bits per heavy atom. The van der Waals surface area contributed by atoms with Gasteiger partial charge in [0.25, 0.3) is 0 Å². The number of aliphatic hydroxyl groups is 3. The van der Waals surface area contributed by atoms with Crippen LogP contribution in [0.2, 0.25) is 0 Å². The number of allylic oxidation sites excluding steroid dienone is 12. The normalized spacial score (nSPS) is 20.5. The summed E-state index contributed by atoms with van der Waals surface area (Å²) in [5.41, 5.74) is 0. The van der Waals surface area contributed by atoms with Gasteiger partial charge in [-0.15, -0.1) is 0 Å². The Hall–Kier alpha value is -2.46. The average Bonchev–Trinajstić information content (AvgIpc) is 3.26. The minimum Gasteiger partial charge on any atom is -0.457 e. The maximum atomic E-state index is 12.9. The molecule has 12 nitrogen and oxygen atoms in total. The van der Waals surface area contributed by atoms with E-state index in [2.05, 4.69) is 90.9 Å². The standard InChI is InChI=1S/C50H86O12S/c1-3-5-7-9-11-13-15-17-19-21-22-23-24-26-28-30-32-34-36-38-40-58-42-44(43-59-50-48(54)49(62-63(55,56)57)47(53)45(41-51)61-50)60-46(52)39-37-35-33-31-29-27-25-20-18-16-14-12-10-8-6-4-2/h5,7,11,13-14,16-17,19-20,22-23,25,44-45,47-51,53-54H,3-4,6,8-10,12,15,18,21,24,26-43H2,1-2H3,(H,55,56,57)/b7-5-,13-11-,16-14-,19-17-,23-22-,25-20-. The van der Waals surface area contributed by atoms with E-state index in [1.807, 2.05) is 0 Å². The number of rotatable bonds is 41. The summed E-state index contributed by atoms with van der Waals surface area (Å²) in [4.78, 5) is 12.9. The smallest absolute Gasteiger partial charge is 0.397 e. The molecule has 1 rings (SSSR count). The van der Waals surface area contributed by atoms with E-state index in [9.17, 15) is 33.1 Å². The van der Waals surface area contributed by atoms with Crippen molar-refractivity contribution in [2.24, 2.45) is 0 Å². The van der Waals surface area contributed by atoms with Crippen LogP contribution in [0.5, 0.6) is 0 Å². The minimum absolute atomic E-state index is 0.0190. The van der Waals surface area contributed by atoms with E-state index in [4.69, 9.17) is 18.9 Å². The molecule has 0 aromatic rings. The molecule has 1 heterocycles. The zero-order valence-electron chi connectivity index (χ0n) is 38.9. The summed E-state index contributed by atoms with van der Waals surface area (Å²) in [7, 11) is -5.07. The monoisotopic (exact) mass is 911 g/mol. The SMILES string of the molecule is CC/C=C\C/C=C\C/C=C\C/C=C\CCCCCCCCCOCC(COC1OC(CO)C(O)C(OS(=O)(=O)O)C1O)OC(=O)CCCCCCC/C=C\C/C=C\CCCCCC. The number of carbonyl (C=O) groups is 1. The second-order valence-corrected chi connectivity index (χ2v) is 17.4. The highest BCUT2D eigenvalue weighted by Crippen LogP contribution is 2.26. The molecule has 1 aliphatic rings. The van der Waals surface area contributed by atoms with Gasteiger partial charge in [-0.1, -0.05) is 157 Å². The molecule has 364 valence electrons. The quantitative estimate of drug-likeness (QED) is 0.0198. The summed E-state index contributed by atoms with van der Waals surface area (Å²) in [6, 6.07) is 0. The number of esters is 1. The van der Waals surface area contributed by atoms with Crippen LogP contribution in [-0.2, 0) is 38.3 Å². The van der Waals surface area contributed by atoms with Crippen LogP contribution < -0.4 is 0 Å². The van der Waals surface area contributed by atoms with Crippen LogP contribution in [0.1, 0.15) is 174 Å². The molecular formula is C50H86O12S. The van der Waals surface area contributed by atoms with Gasteiger partial charge in [-0.05, 0) is 83.5 Å². The largest absolute Gasteiger partial charge is 0.457 e.